The van der Waals surface area contributed by atoms with E-state index in [0.717, 1.165) is 0 Å². The Balaban J connectivity index is 3.02. The molecule has 0 aliphatic heterocycles. The zero-order valence-corrected chi connectivity index (χ0v) is 12.8. The minimum Gasteiger partial charge on any atom is -0.493 e. The Morgan fingerprint density at radius 1 is 1.36 bits per heavy atom. The quantitative estimate of drug-likeness (QED) is 0.787. The topological polar surface area (TPSA) is 47.6 Å². The summed E-state index contributed by atoms with van der Waals surface area (Å²) in [5, 5.41) is 2.79. The summed E-state index contributed by atoms with van der Waals surface area (Å²) in [6.07, 6.45) is 6.66. The van der Waals surface area contributed by atoms with Crippen LogP contribution in [0.15, 0.2) is 18.2 Å². The number of methoxy groups -OCH3 is 1. The van der Waals surface area contributed by atoms with Crippen LogP contribution >= 0.6 is 0 Å². The number of halogens is 2. The van der Waals surface area contributed by atoms with Gasteiger partial charge in [-0.2, -0.15) is 8.78 Å². The molecule has 0 heterocycles. The van der Waals surface area contributed by atoms with Gasteiger partial charge < -0.3 is 14.8 Å². The van der Waals surface area contributed by atoms with E-state index in [-0.39, 0.29) is 17.1 Å². The van der Waals surface area contributed by atoms with Crippen LogP contribution in [0, 0.1) is 12.3 Å². The second kappa shape index (κ2) is 7.64. The van der Waals surface area contributed by atoms with E-state index in [1.807, 2.05) is 13.8 Å². The summed E-state index contributed by atoms with van der Waals surface area (Å²) in [7, 11) is 1.30. The molecule has 0 bridgehead atoms. The van der Waals surface area contributed by atoms with Crippen LogP contribution in [0.25, 0.3) is 0 Å². The molecule has 6 heteroatoms. The minimum absolute atomic E-state index is 0.0484. The number of carbonyl (C=O) groups excluding carboxylic acids is 1. The Bertz CT molecular complexity index is 563. The summed E-state index contributed by atoms with van der Waals surface area (Å²) in [6.45, 7) is 0.788. The SMILES string of the molecule is C#CC(CC)(CC)NC(=O)c1ccc(OC(F)F)c(OC)c1. The molecule has 1 aromatic rings. The van der Waals surface area contributed by atoms with Gasteiger partial charge in [0.05, 0.1) is 7.11 Å². The number of nitrogens with one attached hydrogen (secondary N) is 1. The van der Waals surface area contributed by atoms with Gasteiger partial charge in [0.15, 0.2) is 11.5 Å². The molecule has 0 unspecified atom stereocenters. The lowest BCUT2D eigenvalue weighted by atomic mass is 9.93. The van der Waals surface area contributed by atoms with Crippen molar-refractivity contribution in [3.05, 3.63) is 23.8 Å². The van der Waals surface area contributed by atoms with Gasteiger partial charge in [0, 0.05) is 5.56 Å². The van der Waals surface area contributed by atoms with Gasteiger partial charge in [-0.1, -0.05) is 19.8 Å². The molecule has 0 aliphatic rings. The van der Waals surface area contributed by atoms with Gasteiger partial charge in [-0.05, 0) is 31.0 Å². The van der Waals surface area contributed by atoms with Crippen LogP contribution in [-0.4, -0.2) is 25.2 Å². The van der Waals surface area contributed by atoms with E-state index in [1.165, 1.54) is 25.3 Å². The van der Waals surface area contributed by atoms with Crippen molar-refractivity contribution in [2.45, 2.75) is 38.8 Å². The first-order chi connectivity index (χ1) is 10.4. The number of rotatable bonds is 7. The molecule has 4 nitrogen and oxygen atoms in total. The van der Waals surface area contributed by atoms with Crippen molar-refractivity contribution in [1.29, 1.82) is 0 Å². The summed E-state index contributed by atoms with van der Waals surface area (Å²) >= 11 is 0. The maximum absolute atomic E-state index is 12.3. The van der Waals surface area contributed by atoms with E-state index < -0.39 is 18.1 Å². The first kappa shape index (κ1) is 17.8. The van der Waals surface area contributed by atoms with Gasteiger partial charge in [-0.15, -0.1) is 6.42 Å². The molecule has 0 aromatic heterocycles. The monoisotopic (exact) mass is 311 g/mol. The highest BCUT2D eigenvalue weighted by Gasteiger charge is 2.26. The molecule has 1 N–H and O–H groups in total. The molecule has 1 amide bonds. The van der Waals surface area contributed by atoms with Crippen molar-refractivity contribution < 1.29 is 23.0 Å². The smallest absolute Gasteiger partial charge is 0.387 e. The maximum atomic E-state index is 12.3. The van der Waals surface area contributed by atoms with E-state index in [9.17, 15) is 13.6 Å². The fourth-order valence-corrected chi connectivity index (χ4v) is 1.96. The third kappa shape index (κ3) is 4.10. The van der Waals surface area contributed by atoms with E-state index in [1.54, 1.807) is 0 Å². The van der Waals surface area contributed by atoms with Crippen LogP contribution < -0.4 is 14.8 Å². The van der Waals surface area contributed by atoms with Gasteiger partial charge >= 0.3 is 6.61 Å². The van der Waals surface area contributed by atoms with Crippen molar-refractivity contribution in [2.75, 3.05) is 7.11 Å². The van der Waals surface area contributed by atoms with Crippen LogP contribution in [0.3, 0.4) is 0 Å². The zero-order chi connectivity index (χ0) is 16.8. The standard InChI is InChI=1S/C16H19F2NO3/c1-5-16(6-2,7-3)19-14(20)11-8-9-12(22-15(17)18)13(10-11)21-4/h1,8-10,15H,6-7H2,2-4H3,(H,19,20). The highest BCUT2D eigenvalue weighted by molar-refractivity contribution is 5.95. The lowest BCUT2D eigenvalue weighted by Crippen LogP contribution is -2.46. The van der Waals surface area contributed by atoms with Gasteiger partial charge in [0.2, 0.25) is 0 Å². The Hall–Kier alpha value is -2.29. The van der Waals surface area contributed by atoms with E-state index >= 15 is 0 Å². The molecule has 0 fully saturated rings. The van der Waals surface area contributed by atoms with Crippen molar-refractivity contribution in [3.63, 3.8) is 0 Å². The molecule has 22 heavy (non-hydrogen) atoms. The van der Waals surface area contributed by atoms with Gasteiger partial charge in [0.1, 0.15) is 5.54 Å². The third-order valence-electron chi connectivity index (χ3n) is 3.48. The average Bonchev–Trinajstić information content (AvgIpc) is 2.52. The molecular weight excluding hydrogens is 292 g/mol. The number of carbonyl (C=O) groups is 1. The number of terminal acetylenes is 1. The largest absolute Gasteiger partial charge is 0.493 e. The van der Waals surface area contributed by atoms with Crippen LogP contribution in [0.1, 0.15) is 37.0 Å². The second-order valence-corrected chi connectivity index (χ2v) is 4.63. The number of benzene rings is 1. The Labute approximate surface area is 128 Å². The van der Waals surface area contributed by atoms with Crippen molar-refractivity contribution >= 4 is 5.91 Å². The van der Waals surface area contributed by atoms with Crippen molar-refractivity contribution in [2.24, 2.45) is 0 Å². The van der Waals surface area contributed by atoms with E-state index in [0.29, 0.717) is 12.8 Å². The summed E-state index contributed by atoms with van der Waals surface area (Å²) < 4.78 is 33.8. The fourth-order valence-electron chi connectivity index (χ4n) is 1.96. The predicted octanol–water partition coefficient (Wildman–Crippen LogP) is 3.22. The lowest BCUT2D eigenvalue weighted by Gasteiger charge is -2.27. The molecule has 0 spiro atoms. The molecule has 0 aliphatic carbocycles. The summed E-state index contributed by atoms with van der Waals surface area (Å²) in [4.78, 5) is 12.3. The van der Waals surface area contributed by atoms with E-state index in [2.05, 4.69) is 16.0 Å². The molecular formula is C16H19F2NO3. The number of hydrogen-bond acceptors (Lipinski definition) is 3. The lowest BCUT2D eigenvalue weighted by molar-refractivity contribution is -0.0512. The van der Waals surface area contributed by atoms with Crippen LogP contribution in [0.2, 0.25) is 0 Å². The number of alkyl halides is 2. The Morgan fingerprint density at radius 3 is 2.45 bits per heavy atom. The first-order valence-corrected chi connectivity index (χ1v) is 6.84. The summed E-state index contributed by atoms with van der Waals surface area (Å²) in [6, 6.07) is 3.97. The summed E-state index contributed by atoms with van der Waals surface area (Å²) in [5.41, 5.74) is -0.484. The number of ether oxygens (including phenoxy) is 2. The molecule has 1 rings (SSSR count). The number of hydrogen-bond donors (Lipinski definition) is 1. The average molecular weight is 311 g/mol. The predicted molar refractivity (Wildman–Crippen MR) is 79.2 cm³/mol. The van der Waals surface area contributed by atoms with Crippen LogP contribution in [-0.2, 0) is 0 Å². The zero-order valence-electron chi connectivity index (χ0n) is 12.8. The normalized spacial score (nSPS) is 11.0. The third-order valence-corrected chi connectivity index (χ3v) is 3.48. The molecule has 0 saturated carbocycles. The van der Waals surface area contributed by atoms with Crippen molar-refractivity contribution in [3.8, 4) is 23.8 Å². The highest BCUT2D eigenvalue weighted by Crippen LogP contribution is 2.29. The molecule has 1 aromatic carbocycles. The molecule has 0 radical (unpaired) electrons. The Kier molecular flexibility index (Phi) is 6.17. The second-order valence-electron chi connectivity index (χ2n) is 4.63. The summed E-state index contributed by atoms with van der Waals surface area (Å²) in [5.74, 6) is 2.11. The van der Waals surface area contributed by atoms with Gasteiger partial charge in [0.25, 0.3) is 5.91 Å². The Morgan fingerprint density at radius 2 is 2.00 bits per heavy atom. The maximum Gasteiger partial charge on any atom is 0.387 e. The highest BCUT2D eigenvalue weighted by atomic mass is 19.3. The van der Waals surface area contributed by atoms with Crippen LogP contribution in [0.4, 0.5) is 8.78 Å². The van der Waals surface area contributed by atoms with Crippen LogP contribution in [0.5, 0.6) is 11.5 Å². The minimum atomic E-state index is -2.97. The van der Waals surface area contributed by atoms with Gasteiger partial charge in [-0.25, -0.2) is 0 Å². The fraction of sp³-hybridized carbons (Fsp3) is 0.438. The van der Waals surface area contributed by atoms with Gasteiger partial charge in [-0.3, -0.25) is 4.79 Å². The molecule has 0 saturated heterocycles. The van der Waals surface area contributed by atoms with Crippen molar-refractivity contribution in [1.82, 2.24) is 5.32 Å². The van der Waals surface area contributed by atoms with E-state index in [4.69, 9.17) is 11.2 Å². The number of amides is 1. The molecule has 120 valence electrons. The molecule has 0 atom stereocenters. The first-order valence-electron chi connectivity index (χ1n) is 6.84.